The van der Waals surface area contributed by atoms with Crippen LogP contribution in [-0.2, 0) is 6.42 Å². The molecular weight excluding hydrogens is 685 g/mol. The van der Waals surface area contributed by atoms with Crippen LogP contribution in [0.5, 0.6) is 0 Å². The minimum absolute atomic E-state index is 0.0942. The molecule has 0 radical (unpaired) electrons. The predicted molar refractivity (Wildman–Crippen MR) is 235 cm³/mol. The highest BCUT2D eigenvalue weighted by Crippen LogP contribution is 2.29. The number of hydrogen-bond donors (Lipinski definition) is 4. The van der Waals surface area contributed by atoms with Crippen molar-refractivity contribution in [3.05, 3.63) is 216 Å². The van der Waals surface area contributed by atoms with Crippen LogP contribution >= 0.6 is 0 Å². The summed E-state index contributed by atoms with van der Waals surface area (Å²) in [7, 11) is 0. The first kappa shape index (κ1) is 39.7. The summed E-state index contributed by atoms with van der Waals surface area (Å²) in [4.78, 5) is 14.6. The molecule has 2 aliphatic rings. The van der Waals surface area contributed by atoms with Crippen molar-refractivity contribution < 1.29 is 15.0 Å². The van der Waals surface area contributed by atoms with Gasteiger partial charge in [0.25, 0.3) is 5.91 Å². The Bertz CT molecular complexity index is 2150. The van der Waals surface area contributed by atoms with Crippen LogP contribution < -0.4 is 20.9 Å². The number of benzene rings is 4. The molecule has 0 fully saturated rings. The maximum Gasteiger partial charge on any atom is 0.255 e. The van der Waals surface area contributed by atoms with Gasteiger partial charge in [-0.1, -0.05) is 98.0 Å². The van der Waals surface area contributed by atoms with E-state index in [9.17, 15) is 4.79 Å². The van der Waals surface area contributed by atoms with Crippen LogP contribution in [-0.4, -0.2) is 19.0 Å². The smallest absolute Gasteiger partial charge is 0.255 e. The highest BCUT2D eigenvalue weighted by Gasteiger charge is 2.19. The number of amides is 1. The van der Waals surface area contributed by atoms with Crippen molar-refractivity contribution in [2.24, 2.45) is 11.8 Å². The van der Waals surface area contributed by atoms with Gasteiger partial charge >= 0.3 is 0 Å². The Morgan fingerprint density at radius 2 is 1.55 bits per heavy atom. The van der Waals surface area contributed by atoms with Crippen LogP contribution in [0.2, 0.25) is 0 Å². The predicted octanol–water partition coefficient (Wildman–Crippen LogP) is 9.95. The maximum absolute atomic E-state index is 13.3. The van der Waals surface area contributed by atoms with Crippen molar-refractivity contribution in [3.8, 4) is 0 Å². The second kappa shape index (κ2) is 20.6. The molecule has 1 heterocycles. The number of carbonyl (C=O) groups excluding carboxylic acids is 1. The van der Waals surface area contributed by atoms with Crippen LogP contribution in [0.15, 0.2) is 205 Å². The van der Waals surface area contributed by atoms with Crippen LogP contribution in [0.25, 0.3) is 0 Å². The molecule has 5 nitrogen and oxygen atoms in total. The first-order valence-electron chi connectivity index (χ1n) is 20.0. The fourth-order valence-corrected chi connectivity index (χ4v) is 7.19. The van der Waals surface area contributed by atoms with Gasteiger partial charge in [0.2, 0.25) is 0 Å². The van der Waals surface area contributed by atoms with Gasteiger partial charge in [-0.2, -0.15) is 0 Å². The van der Waals surface area contributed by atoms with E-state index in [4.69, 9.17) is 0 Å². The molecule has 1 amide bonds. The molecule has 6 rings (SSSR count). The summed E-state index contributed by atoms with van der Waals surface area (Å²) in [6.45, 7) is 8.33. The van der Waals surface area contributed by atoms with Crippen molar-refractivity contribution in [2.45, 2.75) is 40.0 Å². The Hall–Kier alpha value is -6.01. The summed E-state index contributed by atoms with van der Waals surface area (Å²) in [5.74, 6) is 0.805. The molecule has 3 atom stereocenters. The Balaban J connectivity index is 0.942. The van der Waals surface area contributed by atoms with Crippen molar-refractivity contribution >= 4 is 28.7 Å². The van der Waals surface area contributed by atoms with Gasteiger partial charge in [-0.05, 0) is 140 Å². The second-order valence-corrected chi connectivity index (χ2v) is 14.5. The minimum atomic E-state index is -0.0942. The zero-order valence-corrected chi connectivity index (χ0v) is 33.0. The van der Waals surface area contributed by atoms with Gasteiger partial charge in [0.1, 0.15) is 24.1 Å². The van der Waals surface area contributed by atoms with E-state index in [-0.39, 0.29) is 5.91 Å². The number of anilines is 2. The molecule has 4 aromatic carbocycles. The fourth-order valence-electron chi connectivity index (χ4n) is 7.19. The standard InChI is InChI=1S/C51H54N4O/c1-4-41(16-12-13-33-52-47-18-8-6-9-19-47)44-24-22-43(23-25-44)39(3)37-40-15-14-17-46(38-40)51(56)54-49-28-26-48(27-29-49)53-34-30-42(5-2)45-31-35-55(36-32-45)50-20-10-7-11-21-50/h4-12,14-22,24-32,34-35,38-39,43,52-53H,13,23,33,36-37H2,1-3H3,(H,54,56)/p+2/b16-12-,34-30-,41-4+,42-5+. The molecule has 5 N–H and O–H groups in total. The van der Waals surface area contributed by atoms with Gasteiger partial charge in [-0.25, -0.2) is 0 Å². The van der Waals surface area contributed by atoms with E-state index in [1.165, 1.54) is 38.4 Å². The number of allylic oxidation sites excluding steroid dienone is 12. The van der Waals surface area contributed by atoms with E-state index in [0.717, 1.165) is 49.4 Å². The molecule has 1 aliphatic carbocycles. The summed E-state index contributed by atoms with van der Waals surface area (Å²) in [6, 6.07) is 36.9. The Kier molecular flexibility index (Phi) is 14.6. The first-order chi connectivity index (χ1) is 27.5. The number of hydrogen-bond acceptors (Lipinski definition) is 2. The Morgan fingerprint density at radius 1 is 0.821 bits per heavy atom. The number of nitrogens with two attached hydrogens (primary N) is 1. The van der Waals surface area contributed by atoms with E-state index in [2.05, 4.69) is 171 Å². The number of carbonyl (C=O) groups is 1. The highest BCUT2D eigenvalue weighted by molar-refractivity contribution is 6.04. The molecule has 0 saturated heterocycles. The van der Waals surface area contributed by atoms with Crippen molar-refractivity contribution in [2.75, 3.05) is 23.7 Å². The third-order valence-corrected chi connectivity index (χ3v) is 10.5. The largest absolute Gasteiger partial charge is 0.385 e. The molecule has 3 unspecified atom stereocenters. The zero-order chi connectivity index (χ0) is 39.0. The molecule has 56 heavy (non-hydrogen) atoms. The molecule has 284 valence electrons. The van der Waals surface area contributed by atoms with Crippen LogP contribution in [0.1, 0.15) is 49.5 Å². The average molecular weight is 741 g/mol. The van der Waals surface area contributed by atoms with Crippen molar-refractivity contribution in [1.82, 2.24) is 0 Å². The SMILES string of the molecule is C/C=C(\C=C/CCNc1ccccc1)C1=CCC(C(C)Cc2cccc(C(=O)Nc3ccc([NH2+]/C=C\C(=C/C)C4=CC[NH+](c5ccccc5)C=C4)cc3)c2)C=C1. The van der Waals surface area contributed by atoms with Gasteiger partial charge in [0.15, 0.2) is 0 Å². The molecule has 4 aromatic rings. The van der Waals surface area contributed by atoms with E-state index in [1.54, 1.807) is 0 Å². The zero-order valence-electron chi connectivity index (χ0n) is 33.0. The lowest BCUT2D eigenvalue weighted by Crippen LogP contribution is -3.02. The Labute approximate surface area is 333 Å². The molecule has 0 spiro atoms. The van der Waals surface area contributed by atoms with Crippen molar-refractivity contribution in [3.63, 3.8) is 0 Å². The Morgan fingerprint density at radius 3 is 2.25 bits per heavy atom. The van der Waals surface area contributed by atoms with Gasteiger partial charge < -0.3 is 10.6 Å². The third kappa shape index (κ3) is 11.5. The van der Waals surface area contributed by atoms with Gasteiger partial charge in [0, 0.05) is 35.6 Å². The number of quaternary nitrogens is 2. The maximum atomic E-state index is 13.3. The monoisotopic (exact) mass is 740 g/mol. The van der Waals surface area contributed by atoms with Gasteiger partial charge in [-0.15, -0.1) is 0 Å². The average Bonchev–Trinajstić information content (AvgIpc) is 3.25. The van der Waals surface area contributed by atoms with E-state index >= 15 is 0 Å². The lowest BCUT2D eigenvalue weighted by Gasteiger charge is -2.23. The lowest BCUT2D eigenvalue weighted by atomic mass is 9.82. The fraction of sp³-hybridized carbons (Fsp3) is 0.196. The second-order valence-electron chi connectivity index (χ2n) is 14.5. The summed E-state index contributed by atoms with van der Waals surface area (Å²) in [5, 5.41) is 8.65. The normalized spacial score (nSPS) is 17.8. The first-order valence-corrected chi connectivity index (χ1v) is 20.0. The van der Waals surface area contributed by atoms with Crippen LogP contribution in [0, 0.1) is 11.8 Å². The topological polar surface area (TPSA) is 62.2 Å². The molecule has 0 aromatic heterocycles. The van der Waals surface area contributed by atoms with Crippen LogP contribution in [0.3, 0.4) is 0 Å². The number of para-hydroxylation sites is 2. The van der Waals surface area contributed by atoms with Crippen molar-refractivity contribution in [1.29, 1.82) is 0 Å². The molecule has 0 saturated carbocycles. The molecular formula is C51H56N4O+2. The summed E-state index contributed by atoms with van der Waals surface area (Å²) in [6.07, 6.45) is 29.7. The molecule has 1 aliphatic heterocycles. The van der Waals surface area contributed by atoms with E-state index in [1.807, 2.05) is 48.5 Å². The highest BCUT2D eigenvalue weighted by atomic mass is 16.1. The summed E-state index contributed by atoms with van der Waals surface area (Å²) in [5.41, 5.74) is 11.1. The van der Waals surface area contributed by atoms with E-state index < -0.39 is 0 Å². The quantitative estimate of drug-likeness (QED) is 0.0525. The lowest BCUT2D eigenvalue weighted by molar-refractivity contribution is -0.768. The third-order valence-electron chi connectivity index (χ3n) is 10.5. The van der Waals surface area contributed by atoms with Crippen LogP contribution in [0.4, 0.5) is 22.7 Å². The van der Waals surface area contributed by atoms with E-state index in [0.29, 0.717) is 17.4 Å². The number of nitrogens with one attached hydrogen (secondary N) is 3. The summed E-state index contributed by atoms with van der Waals surface area (Å²) < 4.78 is 0. The van der Waals surface area contributed by atoms with Gasteiger partial charge in [0.05, 0.1) is 6.20 Å². The minimum Gasteiger partial charge on any atom is -0.385 e. The molecule has 5 heteroatoms. The summed E-state index contributed by atoms with van der Waals surface area (Å²) >= 11 is 0. The van der Waals surface area contributed by atoms with Gasteiger partial charge in [-0.3, -0.25) is 15.0 Å². The number of rotatable bonds is 16. The molecule has 0 bridgehead atoms.